The maximum absolute atomic E-state index is 12.5. The highest BCUT2D eigenvalue weighted by atomic mass is 19.1. The molecule has 1 aromatic rings. The molecular formula is C11H16FNO2. The lowest BCUT2D eigenvalue weighted by Gasteiger charge is -2.06. The molecule has 0 aliphatic rings. The third kappa shape index (κ3) is 5.34. The van der Waals surface area contributed by atoms with Crippen LogP contribution < -0.4 is 5.32 Å². The van der Waals surface area contributed by atoms with E-state index in [4.69, 9.17) is 9.47 Å². The average Bonchev–Trinajstić information content (AvgIpc) is 2.26. The Hall–Kier alpha value is -1.13. The maximum Gasteiger partial charge on any atom is 0.123 e. The molecule has 15 heavy (non-hydrogen) atoms. The third-order valence-electron chi connectivity index (χ3n) is 1.85. The van der Waals surface area contributed by atoms with Gasteiger partial charge in [0.1, 0.15) is 5.82 Å². The Morgan fingerprint density at radius 3 is 2.53 bits per heavy atom. The highest BCUT2D eigenvalue weighted by Crippen LogP contribution is 2.07. The Morgan fingerprint density at radius 2 is 1.87 bits per heavy atom. The van der Waals surface area contributed by atoms with Crippen molar-refractivity contribution in [2.24, 2.45) is 0 Å². The van der Waals surface area contributed by atoms with E-state index in [2.05, 4.69) is 5.32 Å². The van der Waals surface area contributed by atoms with E-state index >= 15 is 0 Å². The second-order valence-corrected chi connectivity index (χ2v) is 3.04. The minimum absolute atomic E-state index is 0.225. The summed E-state index contributed by atoms with van der Waals surface area (Å²) < 4.78 is 22.6. The van der Waals surface area contributed by atoms with Crippen LogP contribution in [0.2, 0.25) is 0 Å². The van der Waals surface area contributed by atoms with Crippen LogP contribution >= 0.6 is 0 Å². The first-order valence-electron chi connectivity index (χ1n) is 4.89. The Morgan fingerprint density at radius 1 is 1.13 bits per heavy atom. The molecule has 4 heteroatoms. The Balaban J connectivity index is 2.07. The van der Waals surface area contributed by atoms with Gasteiger partial charge in [0.05, 0.1) is 19.8 Å². The number of methoxy groups -OCH3 is 1. The number of anilines is 1. The first kappa shape index (κ1) is 11.9. The van der Waals surface area contributed by atoms with Crippen LogP contribution in [-0.4, -0.2) is 33.5 Å². The molecule has 1 aromatic carbocycles. The lowest BCUT2D eigenvalue weighted by molar-refractivity contribution is 0.0759. The number of benzene rings is 1. The van der Waals surface area contributed by atoms with Gasteiger partial charge in [0.2, 0.25) is 0 Å². The molecule has 84 valence electrons. The SMILES string of the molecule is COCCOCCNc1ccc(F)cc1. The number of nitrogens with one attached hydrogen (secondary N) is 1. The van der Waals surface area contributed by atoms with Crippen molar-refractivity contribution >= 4 is 5.69 Å². The summed E-state index contributed by atoms with van der Waals surface area (Å²) in [5, 5.41) is 3.12. The van der Waals surface area contributed by atoms with Crippen LogP contribution in [-0.2, 0) is 9.47 Å². The molecule has 0 heterocycles. The number of rotatable bonds is 7. The molecule has 1 rings (SSSR count). The van der Waals surface area contributed by atoms with Gasteiger partial charge in [-0.3, -0.25) is 0 Å². The van der Waals surface area contributed by atoms with Crippen molar-refractivity contribution in [3.63, 3.8) is 0 Å². The molecule has 0 saturated heterocycles. The van der Waals surface area contributed by atoms with Crippen LogP contribution in [0.4, 0.5) is 10.1 Å². The minimum atomic E-state index is -0.225. The lowest BCUT2D eigenvalue weighted by Crippen LogP contribution is -2.11. The monoisotopic (exact) mass is 213 g/mol. The molecule has 0 aliphatic carbocycles. The summed E-state index contributed by atoms with van der Waals surface area (Å²) in [6.07, 6.45) is 0. The van der Waals surface area contributed by atoms with E-state index < -0.39 is 0 Å². The standard InChI is InChI=1S/C11H16FNO2/c1-14-8-9-15-7-6-13-11-4-2-10(12)3-5-11/h2-5,13H,6-9H2,1H3. The van der Waals surface area contributed by atoms with Crippen molar-refractivity contribution in [1.29, 1.82) is 0 Å². The molecule has 0 radical (unpaired) electrons. The summed E-state index contributed by atoms with van der Waals surface area (Å²) in [7, 11) is 1.64. The average molecular weight is 213 g/mol. The normalized spacial score (nSPS) is 10.3. The van der Waals surface area contributed by atoms with Gasteiger partial charge in [-0.05, 0) is 24.3 Å². The molecule has 3 nitrogen and oxygen atoms in total. The lowest BCUT2D eigenvalue weighted by atomic mass is 10.3. The second-order valence-electron chi connectivity index (χ2n) is 3.04. The zero-order chi connectivity index (χ0) is 10.9. The number of ether oxygens (including phenoxy) is 2. The van der Waals surface area contributed by atoms with Gasteiger partial charge in [-0.15, -0.1) is 0 Å². The van der Waals surface area contributed by atoms with Gasteiger partial charge in [0, 0.05) is 19.3 Å². The molecule has 0 saturated carbocycles. The summed E-state index contributed by atoms with van der Waals surface area (Å²) in [6, 6.07) is 6.25. The van der Waals surface area contributed by atoms with Gasteiger partial charge in [-0.1, -0.05) is 0 Å². The van der Waals surface area contributed by atoms with Crippen molar-refractivity contribution in [3.05, 3.63) is 30.1 Å². The maximum atomic E-state index is 12.5. The predicted molar refractivity (Wildman–Crippen MR) is 57.6 cm³/mol. The zero-order valence-corrected chi connectivity index (χ0v) is 8.83. The van der Waals surface area contributed by atoms with Gasteiger partial charge < -0.3 is 14.8 Å². The van der Waals surface area contributed by atoms with Crippen LogP contribution in [0.1, 0.15) is 0 Å². The van der Waals surface area contributed by atoms with E-state index in [0.29, 0.717) is 26.4 Å². The van der Waals surface area contributed by atoms with E-state index in [1.165, 1.54) is 12.1 Å². The molecule has 0 fully saturated rings. The van der Waals surface area contributed by atoms with Crippen LogP contribution in [0.25, 0.3) is 0 Å². The number of hydrogen-bond donors (Lipinski definition) is 1. The Labute approximate surface area is 89.2 Å². The number of hydrogen-bond acceptors (Lipinski definition) is 3. The fourth-order valence-corrected chi connectivity index (χ4v) is 1.08. The van der Waals surface area contributed by atoms with Crippen molar-refractivity contribution in [1.82, 2.24) is 0 Å². The van der Waals surface area contributed by atoms with Crippen LogP contribution in [0.15, 0.2) is 24.3 Å². The molecule has 0 bridgehead atoms. The van der Waals surface area contributed by atoms with Crippen molar-refractivity contribution < 1.29 is 13.9 Å². The molecule has 0 atom stereocenters. The van der Waals surface area contributed by atoms with E-state index in [9.17, 15) is 4.39 Å². The Kier molecular flexibility index (Phi) is 5.73. The van der Waals surface area contributed by atoms with E-state index in [1.54, 1.807) is 19.2 Å². The molecular weight excluding hydrogens is 197 g/mol. The van der Waals surface area contributed by atoms with Crippen molar-refractivity contribution in [2.45, 2.75) is 0 Å². The van der Waals surface area contributed by atoms with Crippen LogP contribution in [0.5, 0.6) is 0 Å². The fraction of sp³-hybridized carbons (Fsp3) is 0.455. The molecule has 0 aromatic heterocycles. The quantitative estimate of drug-likeness (QED) is 0.702. The summed E-state index contributed by atoms with van der Waals surface area (Å²) in [4.78, 5) is 0. The van der Waals surface area contributed by atoms with Gasteiger partial charge in [0.25, 0.3) is 0 Å². The zero-order valence-electron chi connectivity index (χ0n) is 8.83. The molecule has 1 N–H and O–H groups in total. The van der Waals surface area contributed by atoms with Crippen LogP contribution in [0, 0.1) is 5.82 Å². The van der Waals surface area contributed by atoms with E-state index in [1.807, 2.05) is 0 Å². The first-order chi connectivity index (χ1) is 7.33. The molecule has 0 amide bonds. The van der Waals surface area contributed by atoms with Gasteiger partial charge in [0.15, 0.2) is 0 Å². The summed E-state index contributed by atoms with van der Waals surface area (Å²) >= 11 is 0. The minimum Gasteiger partial charge on any atom is -0.383 e. The van der Waals surface area contributed by atoms with Gasteiger partial charge in [-0.25, -0.2) is 4.39 Å². The summed E-state index contributed by atoms with van der Waals surface area (Å²) in [5.74, 6) is -0.225. The van der Waals surface area contributed by atoms with Crippen molar-refractivity contribution in [3.8, 4) is 0 Å². The largest absolute Gasteiger partial charge is 0.383 e. The topological polar surface area (TPSA) is 30.5 Å². The Bertz CT molecular complexity index is 264. The highest BCUT2D eigenvalue weighted by Gasteiger charge is 1.92. The second kappa shape index (κ2) is 7.20. The smallest absolute Gasteiger partial charge is 0.123 e. The summed E-state index contributed by atoms with van der Waals surface area (Å²) in [6.45, 7) is 2.52. The predicted octanol–water partition coefficient (Wildman–Crippen LogP) is 1.90. The fourth-order valence-electron chi connectivity index (χ4n) is 1.08. The van der Waals surface area contributed by atoms with E-state index in [-0.39, 0.29) is 5.82 Å². The van der Waals surface area contributed by atoms with Gasteiger partial charge >= 0.3 is 0 Å². The van der Waals surface area contributed by atoms with E-state index in [0.717, 1.165) is 5.69 Å². The number of halogens is 1. The highest BCUT2D eigenvalue weighted by molar-refractivity contribution is 5.42. The molecule has 0 aliphatic heterocycles. The van der Waals surface area contributed by atoms with Gasteiger partial charge in [-0.2, -0.15) is 0 Å². The van der Waals surface area contributed by atoms with Crippen LogP contribution in [0.3, 0.4) is 0 Å². The van der Waals surface area contributed by atoms with Crippen molar-refractivity contribution in [2.75, 3.05) is 38.8 Å². The summed E-state index contributed by atoms with van der Waals surface area (Å²) in [5.41, 5.74) is 0.895. The molecule has 0 unspecified atom stereocenters. The first-order valence-corrected chi connectivity index (χ1v) is 4.89. The third-order valence-corrected chi connectivity index (χ3v) is 1.85. The molecule has 0 spiro atoms.